The zero-order valence-corrected chi connectivity index (χ0v) is 12.9. The van der Waals surface area contributed by atoms with Gasteiger partial charge in [-0.1, -0.05) is 26.7 Å². The third-order valence-electron chi connectivity index (χ3n) is 3.21. The largest absolute Gasteiger partial charge is 0.379 e. The first-order chi connectivity index (χ1) is 10.5. The second-order valence-electron chi connectivity index (χ2n) is 4.93. The third-order valence-corrected chi connectivity index (χ3v) is 3.21. The van der Waals surface area contributed by atoms with E-state index in [9.17, 15) is 20.2 Å². The van der Waals surface area contributed by atoms with Crippen molar-refractivity contribution in [3.05, 3.63) is 32.4 Å². The van der Waals surface area contributed by atoms with Crippen LogP contribution >= 0.6 is 0 Å². The van der Waals surface area contributed by atoms with Gasteiger partial charge in [0.15, 0.2) is 5.69 Å². The first-order valence-electron chi connectivity index (χ1n) is 7.46. The van der Waals surface area contributed by atoms with Gasteiger partial charge in [0.05, 0.1) is 9.85 Å². The molecule has 8 heteroatoms. The van der Waals surface area contributed by atoms with Gasteiger partial charge in [-0.15, -0.1) is 0 Å². The average Bonchev–Trinajstić information content (AvgIpc) is 2.47. The van der Waals surface area contributed by atoms with Crippen LogP contribution in [-0.4, -0.2) is 22.9 Å². The van der Waals surface area contributed by atoms with Crippen molar-refractivity contribution in [2.75, 3.05) is 23.7 Å². The highest BCUT2D eigenvalue weighted by atomic mass is 16.6. The smallest absolute Gasteiger partial charge is 0.322 e. The van der Waals surface area contributed by atoms with E-state index in [-0.39, 0.29) is 17.1 Å². The number of hydrogen-bond acceptors (Lipinski definition) is 6. The van der Waals surface area contributed by atoms with Crippen LogP contribution in [0.25, 0.3) is 0 Å². The maximum Gasteiger partial charge on any atom is 0.322 e. The zero-order chi connectivity index (χ0) is 16.5. The Morgan fingerprint density at radius 2 is 1.55 bits per heavy atom. The molecular weight excluding hydrogens is 288 g/mol. The fourth-order valence-corrected chi connectivity index (χ4v) is 2.03. The Hall–Kier alpha value is -2.38. The molecule has 22 heavy (non-hydrogen) atoms. The molecule has 0 fully saturated rings. The molecule has 0 atom stereocenters. The van der Waals surface area contributed by atoms with Crippen molar-refractivity contribution in [3.63, 3.8) is 0 Å². The molecular formula is C14H22N4O4. The summed E-state index contributed by atoms with van der Waals surface area (Å²) < 4.78 is 0. The van der Waals surface area contributed by atoms with Gasteiger partial charge < -0.3 is 10.6 Å². The van der Waals surface area contributed by atoms with Crippen molar-refractivity contribution < 1.29 is 9.85 Å². The highest BCUT2D eigenvalue weighted by molar-refractivity contribution is 5.83. The van der Waals surface area contributed by atoms with E-state index in [0.717, 1.165) is 25.7 Å². The minimum Gasteiger partial charge on any atom is -0.379 e. The van der Waals surface area contributed by atoms with Crippen LogP contribution in [0.5, 0.6) is 0 Å². The summed E-state index contributed by atoms with van der Waals surface area (Å²) >= 11 is 0. The van der Waals surface area contributed by atoms with E-state index in [1.807, 2.05) is 13.8 Å². The van der Waals surface area contributed by atoms with Crippen LogP contribution in [0.15, 0.2) is 12.1 Å². The Morgan fingerprint density at radius 1 is 0.955 bits per heavy atom. The van der Waals surface area contributed by atoms with Gasteiger partial charge >= 0.3 is 5.69 Å². The number of benzene rings is 1. The molecule has 8 nitrogen and oxygen atoms in total. The van der Waals surface area contributed by atoms with E-state index >= 15 is 0 Å². The lowest BCUT2D eigenvalue weighted by atomic mass is 10.1. The van der Waals surface area contributed by atoms with Gasteiger partial charge in [0, 0.05) is 19.2 Å². The molecule has 0 bridgehead atoms. The molecule has 0 amide bonds. The lowest BCUT2D eigenvalue weighted by molar-refractivity contribution is -0.391. The number of unbranched alkanes of at least 4 members (excludes halogenated alkanes) is 2. The molecule has 1 aromatic carbocycles. The second kappa shape index (κ2) is 8.81. The number of nitro benzene ring substituents is 2. The molecule has 0 aliphatic rings. The highest BCUT2D eigenvalue weighted by Crippen LogP contribution is 2.40. The highest BCUT2D eigenvalue weighted by Gasteiger charge is 2.28. The summed E-state index contributed by atoms with van der Waals surface area (Å²) in [6.07, 6.45) is 3.49. The molecule has 0 saturated carbocycles. The molecule has 0 aliphatic heterocycles. The van der Waals surface area contributed by atoms with Crippen molar-refractivity contribution >= 4 is 22.7 Å². The van der Waals surface area contributed by atoms with Gasteiger partial charge in [0.25, 0.3) is 5.69 Å². The molecule has 0 unspecified atom stereocenters. The first kappa shape index (κ1) is 17.7. The normalized spacial score (nSPS) is 10.3. The first-order valence-corrected chi connectivity index (χ1v) is 7.46. The number of rotatable bonds is 10. The number of nitrogens with one attached hydrogen (secondary N) is 2. The van der Waals surface area contributed by atoms with Crippen LogP contribution in [0.2, 0.25) is 0 Å². The van der Waals surface area contributed by atoms with Crippen molar-refractivity contribution in [3.8, 4) is 0 Å². The molecule has 0 radical (unpaired) electrons. The minimum absolute atomic E-state index is 0.0232. The summed E-state index contributed by atoms with van der Waals surface area (Å²) in [5.74, 6) is 0. The quantitative estimate of drug-likeness (QED) is 0.385. The Balaban J connectivity index is 3.21. The summed E-state index contributed by atoms with van der Waals surface area (Å²) in [6, 6.07) is 2.70. The van der Waals surface area contributed by atoms with Crippen LogP contribution in [0.1, 0.15) is 39.5 Å². The van der Waals surface area contributed by atoms with E-state index in [0.29, 0.717) is 18.8 Å². The lowest BCUT2D eigenvalue weighted by Crippen LogP contribution is -2.10. The topological polar surface area (TPSA) is 110 Å². The number of nitrogens with zero attached hydrogens (tertiary/aromatic N) is 2. The van der Waals surface area contributed by atoms with E-state index < -0.39 is 9.85 Å². The predicted molar refractivity (Wildman–Crippen MR) is 86.5 cm³/mol. The van der Waals surface area contributed by atoms with E-state index in [4.69, 9.17) is 0 Å². The maximum atomic E-state index is 11.4. The van der Waals surface area contributed by atoms with Gasteiger partial charge in [0.2, 0.25) is 0 Å². The van der Waals surface area contributed by atoms with E-state index in [1.165, 1.54) is 12.1 Å². The molecule has 1 aromatic rings. The Bertz CT molecular complexity index is 534. The van der Waals surface area contributed by atoms with Gasteiger partial charge in [-0.25, -0.2) is 0 Å². The molecule has 0 aromatic heterocycles. The summed E-state index contributed by atoms with van der Waals surface area (Å²) in [4.78, 5) is 21.3. The van der Waals surface area contributed by atoms with Gasteiger partial charge in [-0.05, 0) is 18.9 Å². The predicted octanol–water partition coefficient (Wildman–Crippen LogP) is 3.93. The number of nitro groups is 2. The molecule has 0 heterocycles. The molecule has 0 spiro atoms. The summed E-state index contributed by atoms with van der Waals surface area (Å²) in [7, 11) is 0. The summed E-state index contributed by atoms with van der Waals surface area (Å²) in [6.45, 7) is 5.04. The molecule has 122 valence electrons. The van der Waals surface area contributed by atoms with Crippen LogP contribution < -0.4 is 10.6 Å². The van der Waals surface area contributed by atoms with Crippen molar-refractivity contribution in [2.24, 2.45) is 0 Å². The Morgan fingerprint density at radius 3 is 2.05 bits per heavy atom. The zero-order valence-electron chi connectivity index (χ0n) is 12.9. The van der Waals surface area contributed by atoms with E-state index in [1.54, 1.807) is 0 Å². The number of anilines is 2. The van der Waals surface area contributed by atoms with Crippen molar-refractivity contribution in [1.82, 2.24) is 0 Å². The second-order valence-corrected chi connectivity index (χ2v) is 4.93. The summed E-state index contributed by atoms with van der Waals surface area (Å²) in [5.41, 5.74) is -0.252. The van der Waals surface area contributed by atoms with Gasteiger partial charge in [-0.3, -0.25) is 20.2 Å². The Kier molecular flexibility index (Phi) is 7.07. The Labute approximate surface area is 129 Å². The van der Waals surface area contributed by atoms with E-state index in [2.05, 4.69) is 10.6 Å². The van der Waals surface area contributed by atoms with Crippen LogP contribution in [-0.2, 0) is 0 Å². The van der Waals surface area contributed by atoms with Crippen molar-refractivity contribution in [1.29, 1.82) is 0 Å². The molecule has 0 aliphatic carbocycles. The third kappa shape index (κ3) is 4.57. The van der Waals surface area contributed by atoms with Crippen LogP contribution in [0, 0.1) is 20.2 Å². The van der Waals surface area contributed by atoms with Gasteiger partial charge in [-0.2, -0.15) is 0 Å². The molecule has 0 saturated heterocycles. The average molecular weight is 310 g/mol. The number of hydrogen-bond donors (Lipinski definition) is 2. The summed E-state index contributed by atoms with van der Waals surface area (Å²) in [5, 5.41) is 28.4. The van der Waals surface area contributed by atoms with Gasteiger partial charge in [0.1, 0.15) is 5.69 Å². The van der Waals surface area contributed by atoms with Crippen LogP contribution in [0.3, 0.4) is 0 Å². The van der Waals surface area contributed by atoms with Crippen molar-refractivity contribution in [2.45, 2.75) is 39.5 Å². The standard InChI is InChI=1S/C14H22N4O4/c1-3-5-9-15-11-7-8-12(17(19)20)13(14(11)18(21)22)16-10-6-4-2/h7-8,15-16H,3-6,9-10H2,1-2H3. The van der Waals surface area contributed by atoms with Crippen LogP contribution in [0.4, 0.5) is 22.7 Å². The lowest BCUT2D eigenvalue weighted by Gasteiger charge is -2.12. The monoisotopic (exact) mass is 310 g/mol. The fourth-order valence-electron chi connectivity index (χ4n) is 2.03. The fraction of sp³-hybridized carbons (Fsp3) is 0.571. The molecule has 2 N–H and O–H groups in total. The molecule has 1 rings (SSSR count). The maximum absolute atomic E-state index is 11.4. The SMILES string of the molecule is CCCCNc1ccc([N+](=O)[O-])c(NCCCC)c1[N+](=O)[O-]. The minimum atomic E-state index is -0.600.